The molecule has 0 unspecified atom stereocenters. The number of aryl methyl sites for hydroxylation is 2. The zero-order valence-electron chi connectivity index (χ0n) is 10.8. The lowest BCUT2D eigenvalue weighted by atomic mass is 10.4. The molecule has 1 aromatic rings. The van der Waals surface area contributed by atoms with Crippen LogP contribution in [0.5, 0.6) is 0 Å². The van der Waals surface area contributed by atoms with Gasteiger partial charge in [-0.3, -0.25) is 4.90 Å². The van der Waals surface area contributed by atoms with E-state index in [2.05, 4.69) is 43.0 Å². The molecule has 0 atom stereocenters. The van der Waals surface area contributed by atoms with Gasteiger partial charge in [-0.2, -0.15) is 0 Å². The molecular weight excluding hydrogens is 218 g/mol. The molecule has 0 aliphatic rings. The summed E-state index contributed by atoms with van der Waals surface area (Å²) in [5.41, 5.74) is 1.18. The molecule has 3 nitrogen and oxygen atoms in total. The molecular formula is C12H23N3S. The van der Waals surface area contributed by atoms with Crippen LogP contribution in [-0.4, -0.2) is 36.6 Å². The average Bonchev–Trinajstić information content (AvgIpc) is 2.53. The third-order valence-electron chi connectivity index (χ3n) is 2.58. The quantitative estimate of drug-likeness (QED) is 0.742. The normalized spacial score (nSPS) is 11.3. The lowest BCUT2D eigenvalue weighted by Crippen LogP contribution is -2.29. The second-order valence-electron chi connectivity index (χ2n) is 4.24. The van der Waals surface area contributed by atoms with Crippen molar-refractivity contribution in [3.63, 3.8) is 0 Å². The topological polar surface area (TPSA) is 28.2 Å². The molecule has 1 heterocycles. The van der Waals surface area contributed by atoms with Crippen LogP contribution in [0, 0.1) is 13.8 Å². The molecule has 1 aromatic heterocycles. The average molecular weight is 241 g/mol. The Balaban J connectivity index is 2.25. The van der Waals surface area contributed by atoms with Gasteiger partial charge in [-0.25, -0.2) is 4.98 Å². The Labute approximate surface area is 103 Å². The summed E-state index contributed by atoms with van der Waals surface area (Å²) < 4.78 is 0. The number of thiazole rings is 1. The first-order chi connectivity index (χ1) is 7.63. The minimum absolute atomic E-state index is 0.965. The van der Waals surface area contributed by atoms with Crippen molar-refractivity contribution in [2.45, 2.75) is 33.7 Å². The van der Waals surface area contributed by atoms with Gasteiger partial charge in [0.15, 0.2) is 0 Å². The van der Waals surface area contributed by atoms with Crippen LogP contribution in [-0.2, 0) is 6.54 Å². The van der Waals surface area contributed by atoms with Crippen LogP contribution in [0.15, 0.2) is 0 Å². The molecule has 4 heteroatoms. The van der Waals surface area contributed by atoms with Crippen molar-refractivity contribution in [3.05, 3.63) is 15.6 Å². The van der Waals surface area contributed by atoms with E-state index < -0.39 is 0 Å². The van der Waals surface area contributed by atoms with E-state index >= 15 is 0 Å². The maximum absolute atomic E-state index is 4.55. The molecule has 0 saturated heterocycles. The SMILES string of the molecule is CCCNCCN(C)Cc1nc(C)c(C)s1. The van der Waals surface area contributed by atoms with Crippen molar-refractivity contribution < 1.29 is 0 Å². The summed E-state index contributed by atoms with van der Waals surface area (Å²) in [6.45, 7) is 10.6. The van der Waals surface area contributed by atoms with Crippen molar-refractivity contribution in [1.29, 1.82) is 0 Å². The fourth-order valence-electron chi connectivity index (χ4n) is 1.49. The number of nitrogens with one attached hydrogen (secondary N) is 1. The number of nitrogens with zero attached hydrogens (tertiary/aromatic N) is 2. The van der Waals surface area contributed by atoms with Crippen LogP contribution in [0.4, 0.5) is 0 Å². The zero-order valence-corrected chi connectivity index (χ0v) is 11.7. The van der Waals surface area contributed by atoms with E-state index in [4.69, 9.17) is 0 Å². The molecule has 0 amide bonds. The van der Waals surface area contributed by atoms with Crippen LogP contribution in [0.3, 0.4) is 0 Å². The third kappa shape index (κ3) is 4.60. The highest BCUT2D eigenvalue weighted by atomic mass is 32.1. The van der Waals surface area contributed by atoms with Crippen LogP contribution < -0.4 is 5.32 Å². The van der Waals surface area contributed by atoms with Crippen LogP contribution in [0.25, 0.3) is 0 Å². The van der Waals surface area contributed by atoms with Crippen LogP contribution in [0.2, 0.25) is 0 Å². The Bertz CT molecular complexity index is 290. The minimum Gasteiger partial charge on any atom is -0.315 e. The number of hydrogen-bond acceptors (Lipinski definition) is 4. The van der Waals surface area contributed by atoms with Gasteiger partial charge in [-0.05, 0) is 33.9 Å². The molecule has 0 saturated carbocycles. The Morgan fingerprint density at radius 1 is 1.31 bits per heavy atom. The van der Waals surface area contributed by atoms with E-state index in [0.717, 1.165) is 26.2 Å². The fourth-order valence-corrected chi connectivity index (χ4v) is 2.50. The molecule has 1 rings (SSSR count). The summed E-state index contributed by atoms with van der Waals surface area (Å²) >= 11 is 1.81. The van der Waals surface area contributed by atoms with Gasteiger partial charge in [0.25, 0.3) is 0 Å². The summed E-state index contributed by atoms with van der Waals surface area (Å²) in [6, 6.07) is 0. The zero-order chi connectivity index (χ0) is 12.0. The van der Waals surface area contributed by atoms with Gasteiger partial charge < -0.3 is 5.32 Å². The Morgan fingerprint density at radius 3 is 2.62 bits per heavy atom. The van der Waals surface area contributed by atoms with Crippen molar-refractivity contribution in [3.8, 4) is 0 Å². The predicted molar refractivity (Wildman–Crippen MR) is 71.1 cm³/mol. The van der Waals surface area contributed by atoms with Crippen molar-refractivity contribution in [2.24, 2.45) is 0 Å². The number of rotatable bonds is 7. The van der Waals surface area contributed by atoms with Gasteiger partial charge in [0, 0.05) is 18.0 Å². The molecule has 0 fully saturated rings. The summed E-state index contributed by atoms with van der Waals surface area (Å²) in [4.78, 5) is 8.21. The van der Waals surface area contributed by atoms with Gasteiger partial charge in [0.1, 0.15) is 5.01 Å². The number of hydrogen-bond donors (Lipinski definition) is 1. The molecule has 0 aliphatic carbocycles. The second kappa shape index (κ2) is 6.99. The van der Waals surface area contributed by atoms with Gasteiger partial charge in [-0.15, -0.1) is 11.3 Å². The van der Waals surface area contributed by atoms with Gasteiger partial charge in [0.2, 0.25) is 0 Å². The standard InChI is InChI=1S/C12H23N3S/c1-5-6-13-7-8-15(4)9-12-14-10(2)11(3)16-12/h13H,5-9H2,1-4H3. The van der Waals surface area contributed by atoms with E-state index in [1.807, 2.05) is 11.3 Å². The van der Waals surface area contributed by atoms with Crippen LogP contribution >= 0.6 is 11.3 Å². The molecule has 0 spiro atoms. The van der Waals surface area contributed by atoms with Gasteiger partial charge in [-0.1, -0.05) is 6.92 Å². The molecule has 16 heavy (non-hydrogen) atoms. The monoisotopic (exact) mass is 241 g/mol. The smallest absolute Gasteiger partial charge is 0.107 e. The highest BCUT2D eigenvalue weighted by Gasteiger charge is 2.06. The first kappa shape index (κ1) is 13.6. The fraction of sp³-hybridized carbons (Fsp3) is 0.750. The molecule has 0 aliphatic heterocycles. The Hall–Kier alpha value is -0.450. The predicted octanol–water partition coefficient (Wildman–Crippen LogP) is 2.19. The summed E-state index contributed by atoms with van der Waals surface area (Å²) in [5, 5.41) is 4.64. The highest BCUT2D eigenvalue weighted by molar-refractivity contribution is 7.11. The van der Waals surface area contributed by atoms with Crippen molar-refractivity contribution in [1.82, 2.24) is 15.2 Å². The van der Waals surface area contributed by atoms with E-state index in [1.165, 1.54) is 22.0 Å². The summed E-state index contributed by atoms with van der Waals surface area (Å²) in [7, 11) is 2.15. The molecule has 92 valence electrons. The third-order valence-corrected chi connectivity index (χ3v) is 3.63. The van der Waals surface area contributed by atoms with Crippen molar-refractivity contribution in [2.75, 3.05) is 26.7 Å². The molecule has 0 bridgehead atoms. The maximum atomic E-state index is 4.55. The second-order valence-corrected chi connectivity index (χ2v) is 5.52. The van der Waals surface area contributed by atoms with E-state index in [0.29, 0.717) is 0 Å². The van der Waals surface area contributed by atoms with E-state index in [9.17, 15) is 0 Å². The largest absolute Gasteiger partial charge is 0.315 e. The first-order valence-electron chi connectivity index (χ1n) is 5.95. The highest BCUT2D eigenvalue weighted by Crippen LogP contribution is 2.17. The van der Waals surface area contributed by atoms with Crippen molar-refractivity contribution >= 4 is 11.3 Å². The minimum atomic E-state index is 0.965. The lowest BCUT2D eigenvalue weighted by molar-refractivity contribution is 0.324. The molecule has 0 radical (unpaired) electrons. The summed E-state index contributed by atoms with van der Waals surface area (Å²) in [5.74, 6) is 0. The Morgan fingerprint density at radius 2 is 2.06 bits per heavy atom. The van der Waals surface area contributed by atoms with Gasteiger partial charge in [0.05, 0.1) is 12.2 Å². The van der Waals surface area contributed by atoms with E-state index in [-0.39, 0.29) is 0 Å². The van der Waals surface area contributed by atoms with Crippen LogP contribution in [0.1, 0.15) is 28.9 Å². The molecule has 0 aromatic carbocycles. The lowest BCUT2D eigenvalue weighted by Gasteiger charge is -2.15. The summed E-state index contributed by atoms with van der Waals surface area (Å²) in [6.07, 6.45) is 1.20. The molecule has 1 N–H and O–H groups in total. The number of aromatic nitrogens is 1. The number of likely N-dealkylation sites (N-methyl/N-ethyl adjacent to an activating group) is 1. The maximum Gasteiger partial charge on any atom is 0.107 e. The van der Waals surface area contributed by atoms with E-state index in [1.54, 1.807) is 0 Å². The van der Waals surface area contributed by atoms with Gasteiger partial charge >= 0.3 is 0 Å². The first-order valence-corrected chi connectivity index (χ1v) is 6.77. The Kier molecular flexibility index (Phi) is 5.95.